The number of allylic oxidation sites excluding steroid dienone is 3. The van der Waals surface area contributed by atoms with Gasteiger partial charge in [-0.1, -0.05) is 51.5 Å². The van der Waals surface area contributed by atoms with Crippen molar-refractivity contribution in [2.24, 2.45) is 27.7 Å². The number of nitrogens with one attached hydrogen (secondary N) is 2. The molecule has 6 nitrogen and oxygen atoms in total. The first kappa shape index (κ1) is 28.3. The zero-order valence-corrected chi connectivity index (χ0v) is 24.3. The van der Waals surface area contributed by atoms with E-state index in [1.165, 1.54) is 6.42 Å². The molecule has 2 aromatic carbocycles. The van der Waals surface area contributed by atoms with E-state index in [1.807, 2.05) is 82.3 Å². The Bertz CT molecular complexity index is 1330. The van der Waals surface area contributed by atoms with Crippen molar-refractivity contribution in [1.82, 2.24) is 0 Å². The number of hydrogen-bond donors (Lipinski definition) is 2. The highest BCUT2D eigenvalue weighted by molar-refractivity contribution is 6.20. The van der Waals surface area contributed by atoms with Crippen LogP contribution in [-0.2, 0) is 9.53 Å². The van der Waals surface area contributed by atoms with Crippen molar-refractivity contribution in [2.45, 2.75) is 73.8 Å². The molecule has 6 heteroatoms. The van der Waals surface area contributed by atoms with Crippen molar-refractivity contribution in [3.05, 3.63) is 71.6 Å². The summed E-state index contributed by atoms with van der Waals surface area (Å²) in [5, 5.41) is 6.92. The number of fused-ring (bicyclic) bond motifs is 2. The van der Waals surface area contributed by atoms with Crippen molar-refractivity contribution in [2.75, 3.05) is 10.6 Å². The van der Waals surface area contributed by atoms with E-state index in [1.54, 1.807) is 0 Å². The first-order chi connectivity index (χ1) is 18.6. The van der Waals surface area contributed by atoms with E-state index in [0.717, 1.165) is 47.0 Å². The summed E-state index contributed by atoms with van der Waals surface area (Å²) in [5.74, 6) is 1.00. The van der Waals surface area contributed by atoms with Crippen LogP contribution in [0.2, 0.25) is 0 Å². The summed E-state index contributed by atoms with van der Waals surface area (Å²) in [6, 6.07) is 15.7. The third kappa shape index (κ3) is 7.05. The van der Waals surface area contributed by atoms with Gasteiger partial charge in [0, 0.05) is 17.1 Å². The van der Waals surface area contributed by atoms with Gasteiger partial charge in [0.15, 0.2) is 0 Å². The number of carbonyl (C=O) groups is 1. The Morgan fingerprint density at radius 1 is 0.897 bits per heavy atom. The van der Waals surface area contributed by atoms with Gasteiger partial charge in [-0.05, 0) is 88.6 Å². The summed E-state index contributed by atoms with van der Waals surface area (Å²) in [6.45, 7) is 14.5. The third-order valence-electron chi connectivity index (χ3n) is 7.63. The largest absolute Gasteiger partial charge is 0.458 e. The molecule has 0 unspecified atom stereocenters. The average molecular weight is 527 g/mol. The van der Waals surface area contributed by atoms with Crippen molar-refractivity contribution in [3.63, 3.8) is 0 Å². The lowest BCUT2D eigenvalue weighted by atomic mass is 9.75. The van der Waals surface area contributed by atoms with Crippen LogP contribution in [0, 0.1) is 17.8 Å². The van der Waals surface area contributed by atoms with Gasteiger partial charge in [-0.2, -0.15) is 0 Å². The van der Waals surface area contributed by atoms with Crippen LogP contribution in [0.4, 0.5) is 22.7 Å². The molecule has 0 saturated heterocycles. The molecule has 0 spiro atoms. The fraction of sp³-hybridized carbons (Fsp3) is 0.424. The lowest BCUT2D eigenvalue weighted by molar-refractivity contribution is -0.150. The van der Waals surface area contributed by atoms with Gasteiger partial charge >= 0.3 is 5.97 Å². The van der Waals surface area contributed by atoms with Crippen LogP contribution in [0.5, 0.6) is 0 Å². The summed E-state index contributed by atoms with van der Waals surface area (Å²) in [7, 11) is 0. The number of benzene rings is 2. The average Bonchev–Trinajstić information content (AvgIpc) is 2.85. The van der Waals surface area contributed by atoms with E-state index >= 15 is 0 Å². The van der Waals surface area contributed by atoms with Crippen LogP contribution in [0.15, 0.2) is 81.6 Å². The molecule has 3 atom stereocenters. The van der Waals surface area contributed by atoms with E-state index in [-0.39, 0.29) is 12.1 Å². The smallest absolute Gasteiger partial charge is 0.342 e. The monoisotopic (exact) mass is 526 g/mol. The molecule has 2 N–H and O–H groups in total. The van der Waals surface area contributed by atoms with Crippen LogP contribution in [0.3, 0.4) is 0 Å². The lowest BCUT2D eigenvalue weighted by Crippen LogP contribution is -2.37. The summed E-state index contributed by atoms with van der Waals surface area (Å²) >= 11 is 0. The molecule has 1 aliphatic carbocycles. The summed E-state index contributed by atoms with van der Waals surface area (Å²) in [6.07, 6.45) is 5.05. The quantitative estimate of drug-likeness (QED) is 0.393. The third-order valence-corrected chi connectivity index (χ3v) is 7.63. The van der Waals surface area contributed by atoms with Gasteiger partial charge in [0.1, 0.15) is 6.10 Å². The standard InChI is InChI=1S/C33H42N4O2/c1-20(2)26-17-16-21(3)18-31(26)39-33(38)32-24(6)36-29-14-10-8-12-27(29)34-22(4)19-23(5)35-28-13-9-11-15-30(28)37-25(32)7/h8-15,19-21,26,31,34,37H,16-18H2,1-7H3/b22-19+,32-25-,35-23?,36-24?/t21-,26+,31-/m1/s1. The maximum Gasteiger partial charge on any atom is 0.342 e. The number of aliphatic imine (C=N–C) groups is 2. The molecule has 2 aliphatic rings. The summed E-state index contributed by atoms with van der Waals surface area (Å²) in [5.41, 5.74) is 6.74. The molecule has 1 saturated carbocycles. The van der Waals surface area contributed by atoms with Crippen molar-refractivity contribution < 1.29 is 9.53 Å². The van der Waals surface area contributed by atoms with Crippen molar-refractivity contribution >= 4 is 40.1 Å². The minimum Gasteiger partial charge on any atom is -0.458 e. The molecule has 0 aromatic heterocycles. The Labute approximate surface area is 233 Å². The molecular weight excluding hydrogens is 484 g/mol. The number of ether oxygens (including phenoxy) is 1. The Morgan fingerprint density at radius 2 is 1.51 bits per heavy atom. The number of carbonyl (C=O) groups excluding carboxylic acids is 1. The van der Waals surface area contributed by atoms with Crippen LogP contribution >= 0.6 is 0 Å². The van der Waals surface area contributed by atoms with Crippen LogP contribution in [0.25, 0.3) is 0 Å². The number of rotatable bonds is 3. The first-order valence-corrected chi connectivity index (χ1v) is 14.1. The molecule has 0 radical (unpaired) electrons. The minimum atomic E-state index is -0.336. The van der Waals surface area contributed by atoms with E-state index in [9.17, 15) is 4.79 Å². The fourth-order valence-corrected chi connectivity index (χ4v) is 5.66. The topological polar surface area (TPSA) is 75.1 Å². The zero-order valence-electron chi connectivity index (χ0n) is 24.3. The Balaban J connectivity index is 1.82. The second kappa shape index (κ2) is 12.5. The molecule has 1 aliphatic heterocycles. The predicted octanol–water partition coefficient (Wildman–Crippen LogP) is 8.59. The number of nitrogens with zero attached hydrogens (tertiary/aromatic N) is 2. The van der Waals surface area contributed by atoms with Gasteiger partial charge in [0.25, 0.3) is 0 Å². The molecule has 39 heavy (non-hydrogen) atoms. The summed E-state index contributed by atoms with van der Waals surface area (Å²) < 4.78 is 6.33. The fourth-order valence-electron chi connectivity index (χ4n) is 5.66. The van der Waals surface area contributed by atoms with Crippen LogP contribution in [-0.4, -0.2) is 23.5 Å². The number of hydrogen-bond acceptors (Lipinski definition) is 6. The van der Waals surface area contributed by atoms with Gasteiger partial charge in [-0.3, -0.25) is 9.98 Å². The zero-order chi connectivity index (χ0) is 28.1. The number of anilines is 2. The Morgan fingerprint density at radius 3 is 2.18 bits per heavy atom. The van der Waals surface area contributed by atoms with Crippen molar-refractivity contribution in [1.29, 1.82) is 0 Å². The van der Waals surface area contributed by atoms with Gasteiger partial charge in [0.05, 0.1) is 34.0 Å². The molecular formula is C33H42N4O2. The van der Waals surface area contributed by atoms with Crippen molar-refractivity contribution in [3.8, 4) is 0 Å². The minimum absolute atomic E-state index is 0.108. The Hall–Kier alpha value is -3.67. The SMILES string of the molecule is CC1=Nc2ccccc2N/C(C)=C(\C(=O)O[C@@H]2C[C@H](C)CC[C@H]2C(C)C)C(C)=Nc2ccccc2N/C(C)=C/1. The van der Waals surface area contributed by atoms with E-state index in [2.05, 4.69) is 31.4 Å². The normalized spacial score (nSPS) is 25.4. The highest BCUT2D eigenvalue weighted by atomic mass is 16.5. The second-order valence-electron chi connectivity index (χ2n) is 11.3. The Kier molecular flexibility index (Phi) is 9.05. The molecule has 0 amide bonds. The highest BCUT2D eigenvalue weighted by Gasteiger charge is 2.34. The van der Waals surface area contributed by atoms with Gasteiger partial charge < -0.3 is 15.4 Å². The predicted molar refractivity (Wildman–Crippen MR) is 163 cm³/mol. The van der Waals surface area contributed by atoms with Gasteiger partial charge in [-0.25, -0.2) is 4.79 Å². The number of esters is 1. The maximum atomic E-state index is 14.0. The molecule has 206 valence electrons. The van der Waals surface area contributed by atoms with Crippen LogP contribution < -0.4 is 10.6 Å². The molecule has 1 fully saturated rings. The van der Waals surface area contributed by atoms with Gasteiger partial charge in [0.2, 0.25) is 0 Å². The van der Waals surface area contributed by atoms with Crippen LogP contribution in [0.1, 0.15) is 67.7 Å². The lowest BCUT2D eigenvalue weighted by Gasteiger charge is -2.37. The highest BCUT2D eigenvalue weighted by Crippen LogP contribution is 2.36. The molecule has 1 heterocycles. The molecule has 2 aromatic rings. The van der Waals surface area contributed by atoms with E-state index in [4.69, 9.17) is 14.7 Å². The molecule has 0 bridgehead atoms. The van der Waals surface area contributed by atoms with E-state index in [0.29, 0.717) is 34.7 Å². The van der Waals surface area contributed by atoms with Gasteiger partial charge in [-0.15, -0.1) is 0 Å². The number of para-hydroxylation sites is 4. The van der Waals surface area contributed by atoms with E-state index < -0.39 is 0 Å². The second-order valence-corrected chi connectivity index (χ2v) is 11.3. The maximum absolute atomic E-state index is 14.0. The first-order valence-electron chi connectivity index (χ1n) is 14.1. The summed E-state index contributed by atoms with van der Waals surface area (Å²) in [4.78, 5) is 23.8. The molecule has 4 rings (SSSR count).